The largest absolute Gasteiger partial charge is 0.482 e. The predicted molar refractivity (Wildman–Crippen MR) is 136 cm³/mol. The molecular weight excluding hydrogens is 494 g/mol. The topological polar surface area (TPSA) is 98.3 Å². The van der Waals surface area contributed by atoms with E-state index in [0.717, 1.165) is 6.54 Å². The summed E-state index contributed by atoms with van der Waals surface area (Å²) >= 11 is 12.3. The van der Waals surface area contributed by atoms with Gasteiger partial charge in [-0.1, -0.05) is 23.2 Å². The van der Waals surface area contributed by atoms with Crippen molar-refractivity contribution in [1.82, 2.24) is 25.0 Å². The lowest BCUT2D eigenvalue weighted by atomic mass is 10.0. The van der Waals surface area contributed by atoms with Crippen molar-refractivity contribution >= 4 is 34.9 Å². The van der Waals surface area contributed by atoms with E-state index < -0.39 is 17.5 Å². The number of nitrogens with two attached hydrogens (primary N) is 1. The highest BCUT2D eigenvalue weighted by atomic mass is 35.5. The number of halogens is 3. The second kappa shape index (κ2) is 10.8. The third-order valence-electron chi connectivity index (χ3n) is 5.56. The molecule has 35 heavy (non-hydrogen) atoms. The summed E-state index contributed by atoms with van der Waals surface area (Å²) in [6, 6.07) is 4.31. The molecule has 8 nitrogen and oxygen atoms in total. The van der Waals surface area contributed by atoms with Gasteiger partial charge in [0.15, 0.2) is 11.6 Å². The minimum absolute atomic E-state index is 0.111. The molecule has 11 heteroatoms. The van der Waals surface area contributed by atoms with Crippen molar-refractivity contribution in [2.45, 2.75) is 32.4 Å². The Morgan fingerprint density at radius 1 is 1.29 bits per heavy atom. The number of anilines is 1. The van der Waals surface area contributed by atoms with Crippen molar-refractivity contribution < 1.29 is 13.9 Å². The zero-order valence-electron chi connectivity index (χ0n) is 20.3. The van der Waals surface area contributed by atoms with Crippen molar-refractivity contribution in [2.75, 3.05) is 32.9 Å². The van der Waals surface area contributed by atoms with Gasteiger partial charge in [0.2, 0.25) is 5.91 Å². The average molecular weight is 523 g/mol. The number of ether oxygens (including phenoxy) is 1. The number of rotatable bonds is 9. The van der Waals surface area contributed by atoms with Gasteiger partial charge < -0.3 is 20.7 Å². The van der Waals surface area contributed by atoms with E-state index in [-0.39, 0.29) is 27.5 Å². The Labute approximate surface area is 214 Å². The van der Waals surface area contributed by atoms with Gasteiger partial charge in [0, 0.05) is 47.2 Å². The molecule has 3 rings (SSSR count). The summed E-state index contributed by atoms with van der Waals surface area (Å²) in [7, 11) is 3.88. The molecule has 0 bridgehead atoms. The lowest BCUT2D eigenvalue weighted by Gasteiger charge is -2.24. The molecule has 2 aromatic heterocycles. The van der Waals surface area contributed by atoms with Crippen LogP contribution in [0.5, 0.6) is 5.75 Å². The first kappa shape index (κ1) is 26.7. The molecule has 0 aliphatic heterocycles. The maximum absolute atomic E-state index is 14.0. The van der Waals surface area contributed by atoms with E-state index in [1.807, 2.05) is 19.0 Å². The third kappa shape index (κ3) is 6.04. The Balaban J connectivity index is 1.82. The molecule has 3 N–H and O–H groups in total. The molecule has 0 spiro atoms. The van der Waals surface area contributed by atoms with Crippen LogP contribution in [0.15, 0.2) is 36.8 Å². The van der Waals surface area contributed by atoms with Crippen molar-refractivity contribution in [3.63, 3.8) is 0 Å². The van der Waals surface area contributed by atoms with Crippen LogP contribution in [0.2, 0.25) is 10.0 Å². The summed E-state index contributed by atoms with van der Waals surface area (Å²) in [5.74, 6) is -0.314. The molecule has 1 unspecified atom stereocenters. The van der Waals surface area contributed by atoms with Crippen LogP contribution in [0.25, 0.3) is 11.1 Å². The molecule has 188 valence electrons. The Morgan fingerprint density at radius 3 is 2.69 bits per heavy atom. The molecule has 0 saturated carbocycles. The van der Waals surface area contributed by atoms with E-state index in [2.05, 4.69) is 15.4 Å². The van der Waals surface area contributed by atoms with E-state index in [1.54, 1.807) is 50.1 Å². The number of aromatic nitrogens is 3. The Morgan fingerprint density at radius 2 is 2.00 bits per heavy atom. The van der Waals surface area contributed by atoms with E-state index in [0.29, 0.717) is 23.2 Å². The molecule has 0 aliphatic rings. The summed E-state index contributed by atoms with van der Waals surface area (Å²) < 4.78 is 21.5. The Bertz CT molecular complexity index is 1210. The minimum Gasteiger partial charge on any atom is -0.482 e. The Hall–Kier alpha value is -2.88. The first-order chi connectivity index (χ1) is 16.4. The predicted octanol–water partition coefficient (Wildman–Crippen LogP) is 4.53. The number of pyridine rings is 1. The van der Waals surface area contributed by atoms with E-state index in [9.17, 15) is 9.18 Å². The average Bonchev–Trinajstić information content (AvgIpc) is 3.29. The molecule has 0 aliphatic carbocycles. The molecule has 1 amide bonds. The fourth-order valence-electron chi connectivity index (χ4n) is 3.36. The maximum atomic E-state index is 14.0. The quantitative estimate of drug-likeness (QED) is 0.400. The smallest absolute Gasteiger partial charge is 0.247 e. The third-order valence-corrected chi connectivity index (χ3v) is 6.27. The zero-order chi connectivity index (χ0) is 25.9. The van der Waals surface area contributed by atoms with Gasteiger partial charge in [-0.2, -0.15) is 5.10 Å². The number of hydrogen-bond donors (Lipinski definition) is 2. The van der Waals surface area contributed by atoms with Crippen LogP contribution in [0.1, 0.15) is 32.4 Å². The van der Waals surface area contributed by atoms with Gasteiger partial charge in [-0.15, -0.1) is 0 Å². The lowest BCUT2D eigenvalue weighted by molar-refractivity contribution is -0.128. The molecule has 1 atom stereocenters. The minimum atomic E-state index is -0.912. The van der Waals surface area contributed by atoms with Crippen LogP contribution in [-0.2, 0) is 10.3 Å². The van der Waals surface area contributed by atoms with Crippen LogP contribution >= 0.6 is 23.2 Å². The van der Waals surface area contributed by atoms with Gasteiger partial charge in [-0.25, -0.2) is 9.37 Å². The summed E-state index contributed by atoms with van der Waals surface area (Å²) in [5.41, 5.74) is 6.82. The summed E-state index contributed by atoms with van der Waals surface area (Å²) in [6.45, 7) is 6.53. The number of hydrogen-bond acceptors (Lipinski definition) is 6. The molecule has 0 radical (unpaired) electrons. The van der Waals surface area contributed by atoms with Crippen molar-refractivity contribution in [1.29, 1.82) is 0 Å². The number of nitrogen functional groups attached to an aromatic ring is 1. The number of amides is 1. The normalized spacial score (nSPS) is 12.6. The number of carbonyl (C=O) groups is 1. The van der Waals surface area contributed by atoms with E-state index in [1.165, 1.54) is 12.1 Å². The van der Waals surface area contributed by atoms with Gasteiger partial charge in [0.05, 0.1) is 11.2 Å². The SMILES string of the molecule is CC(Oc1cc(-c2cnn(C(C)(C)C(=O)NCCN(C)C)c2)cnc1N)c1c(Cl)ccc(F)c1Cl. The first-order valence-electron chi connectivity index (χ1n) is 11.0. The summed E-state index contributed by atoms with van der Waals surface area (Å²) in [4.78, 5) is 18.9. The molecule has 2 heterocycles. The highest BCUT2D eigenvalue weighted by Crippen LogP contribution is 2.37. The second-order valence-electron chi connectivity index (χ2n) is 8.92. The second-order valence-corrected chi connectivity index (χ2v) is 9.70. The van der Waals surface area contributed by atoms with Gasteiger partial charge in [-0.05, 0) is 53.1 Å². The van der Waals surface area contributed by atoms with Crippen LogP contribution in [-0.4, -0.2) is 52.8 Å². The molecule has 0 saturated heterocycles. The molecule has 1 aromatic carbocycles. The highest BCUT2D eigenvalue weighted by molar-refractivity contribution is 6.36. The maximum Gasteiger partial charge on any atom is 0.247 e. The van der Waals surface area contributed by atoms with Crippen LogP contribution in [0, 0.1) is 5.82 Å². The summed E-state index contributed by atoms with van der Waals surface area (Å²) in [5, 5.41) is 7.49. The van der Waals surface area contributed by atoms with Crippen LogP contribution in [0.3, 0.4) is 0 Å². The number of likely N-dealkylation sites (N-methyl/N-ethyl adjacent to an activating group) is 1. The standard InChI is InChI=1S/C24H29Cl2FN6O2/c1-14(20-17(25)6-7-18(27)21(20)26)35-19-10-15(11-30-22(19)28)16-12-31-33(13-16)24(2,3)23(34)29-8-9-32(4)5/h6-7,10-14H,8-9H2,1-5H3,(H2,28,30)(H,29,34). The molecular formula is C24H29Cl2FN6O2. The lowest BCUT2D eigenvalue weighted by Crippen LogP contribution is -2.46. The number of carbonyl (C=O) groups excluding carboxylic acids is 1. The van der Waals surface area contributed by atoms with Crippen LogP contribution < -0.4 is 15.8 Å². The van der Waals surface area contributed by atoms with Crippen molar-refractivity contribution in [3.05, 3.63) is 58.2 Å². The Kier molecular flexibility index (Phi) is 8.25. The van der Waals surface area contributed by atoms with Gasteiger partial charge in [-0.3, -0.25) is 9.48 Å². The molecule has 0 fully saturated rings. The monoisotopic (exact) mass is 522 g/mol. The van der Waals surface area contributed by atoms with E-state index >= 15 is 0 Å². The van der Waals surface area contributed by atoms with Crippen LogP contribution in [0.4, 0.5) is 10.2 Å². The zero-order valence-corrected chi connectivity index (χ0v) is 21.8. The highest BCUT2D eigenvalue weighted by Gasteiger charge is 2.30. The van der Waals surface area contributed by atoms with Crippen molar-refractivity contribution in [2.24, 2.45) is 0 Å². The first-order valence-corrected chi connectivity index (χ1v) is 11.7. The number of benzene rings is 1. The number of nitrogens with one attached hydrogen (secondary N) is 1. The van der Waals surface area contributed by atoms with Gasteiger partial charge in [0.1, 0.15) is 17.5 Å². The fourth-order valence-corrected chi connectivity index (χ4v) is 4.04. The van der Waals surface area contributed by atoms with Crippen molar-refractivity contribution in [3.8, 4) is 16.9 Å². The number of nitrogens with zero attached hydrogens (tertiary/aromatic N) is 4. The van der Waals surface area contributed by atoms with Gasteiger partial charge in [0.25, 0.3) is 0 Å². The summed E-state index contributed by atoms with van der Waals surface area (Å²) in [6.07, 6.45) is 4.28. The van der Waals surface area contributed by atoms with E-state index in [4.69, 9.17) is 33.7 Å². The fraction of sp³-hybridized carbons (Fsp3) is 0.375. The molecule has 3 aromatic rings. The van der Waals surface area contributed by atoms with Gasteiger partial charge >= 0.3 is 0 Å².